The lowest BCUT2D eigenvalue weighted by Crippen LogP contribution is -2.28. The van der Waals surface area contributed by atoms with Crippen molar-refractivity contribution in [3.05, 3.63) is 70.1 Å². The SMILES string of the molecule is CCCCn1nc(C(=O)Nc2ccccc2C(=O)OCC)c2ccccc2c1=O. The van der Waals surface area contributed by atoms with E-state index in [0.29, 0.717) is 23.0 Å². The number of benzene rings is 2. The monoisotopic (exact) mass is 393 g/mol. The average molecular weight is 393 g/mol. The van der Waals surface area contributed by atoms with Crippen LogP contribution in [0.15, 0.2) is 53.3 Å². The van der Waals surface area contributed by atoms with Crippen molar-refractivity contribution >= 4 is 28.3 Å². The number of anilines is 1. The van der Waals surface area contributed by atoms with Gasteiger partial charge < -0.3 is 10.1 Å². The maximum Gasteiger partial charge on any atom is 0.340 e. The lowest BCUT2D eigenvalue weighted by molar-refractivity contribution is 0.0527. The van der Waals surface area contributed by atoms with Crippen LogP contribution < -0.4 is 10.9 Å². The predicted octanol–water partition coefficient (Wildman–Crippen LogP) is 3.63. The van der Waals surface area contributed by atoms with Gasteiger partial charge in [0.15, 0.2) is 5.69 Å². The molecule has 0 saturated heterocycles. The average Bonchev–Trinajstić information content (AvgIpc) is 2.74. The van der Waals surface area contributed by atoms with Crippen LogP contribution in [0.1, 0.15) is 47.5 Å². The number of nitrogens with one attached hydrogen (secondary N) is 1. The third-order valence-corrected chi connectivity index (χ3v) is 4.48. The Hall–Kier alpha value is -3.48. The van der Waals surface area contributed by atoms with Gasteiger partial charge in [0.2, 0.25) is 0 Å². The molecule has 3 aromatic rings. The molecule has 1 amide bonds. The van der Waals surface area contributed by atoms with E-state index >= 15 is 0 Å². The molecule has 0 unspecified atom stereocenters. The Bertz CT molecular complexity index is 1100. The Labute approximate surface area is 168 Å². The summed E-state index contributed by atoms with van der Waals surface area (Å²) in [7, 11) is 0. The molecule has 0 saturated carbocycles. The fraction of sp³-hybridized carbons (Fsp3) is 0.273. The summed E-state index contributed by atoms with van der Waals surface area (Å²) in [6.07, 6.45) is 1.67. The van der Waals surface area contributed by atoms with Crippen molar-refractivity contribution in [1.29, 1.82) is 0 Å². The van der Waals surface area contributed by atoms with Gasteiger partial charge in [0, 0.05) is 11.9 Å². The standard InChI is InChI=1S/C22H23N3O4/c1-3-5-14-25-21(27)16-11-7-6-10-15(16)19(24-25)20(26)23-18-13-9-8-12-17(18)22(28)29-4-2/h6-13H,3-5,14H2,1-2H3,(H,23,26). The van der Waals surface area contributed by atoms with Crippen molar-refractivity contribution in [2.75, 3.05) is 11.9 Å². The fourth-order valence-electron chi connectivity index (χ4n) is 3.02. The molecule has 0 spiro atoms. The number of carbonyl (C=O) groups is 2. The first-order chi connectivity index (χ1) is 14.1. The molecule has 0 aliphatic carbocycles. The first-order valence-corrected chi connectivity index (χ1v) is 9.64. The van der Waals surface area contributed by atoms with Gasteiger partial charge in [-0.3, -0.25) is 9.59 Å². The minimum Gasteiger partial charge on any atom is -0.462 e. The number of hydrogen-bond acceptors (Lipinski definition) is 5. The van der Waals surface area contributed by atoms with E-state index in [-0.39, 0.29) is 23.4 Å². The summed E-state index contributed by atoms with van der Waals surface area (Å²) in [4.78, 5) is 37.9. The number of aromatic nitrogens is 2. The van der Waals surface area contributed by atoms with Crippen LogP contribution >= 0.6 is 0 Å². The third-order valence-electron chi connectivity index (χ3n) is 4.48. The maximum atomic E-state index is 13.1. The molecule has 0 radical (unpaired) electrons. The summed E-state index contributed by atoms with van der Waals surface area (Å²) < 4.78 is 6.39. The smallest absolute Gasteiger partial charge is 0.340 e. The lowest BCUT2D eigenvalue weighted by Gasteiger charge is -2.13. The normalized spacial score (nSPS) is 10.7. The van der Waals surface area contributed by atoms with Gasteiger partial charge in [0.25, 0.3) is 11.5 Å². The van der Waals surface area contributed by atoms with Gasteiger partial charge in [-0.25, -0.2) is 9.48 Å². The molecule has 7 nitrogen and oxygen atoms in total. The summed E-state index contributed by atoms with van der Waals surface area (Å²) in [5.41, 5.74) is 0.493. The minimum absolute atomic E-state index is 0.134. The van der Waals surface area contributed by atoms with Gasteiger partial charge in [0.1, 0.15) is 0 Å². The Kier molecular flexibility index (Phi) is 6.39. The molecule has 0 atom stereocenters. The van der Waals surface area contributed by atoms with Crippen molar-refractivity contribution in [2.24, 2.45) is 0 Å². The number of esters is 1. The Balaban J connectivity index is 2.03. The van der Waals surface area contributed by atoms with Gasteiger partial charge in [-0.15, -0.1) is 0 Å². The van der Waals surface area contributed by atoms with Crippen LogP contribution in [0.3, 0.4) is 0 Å². The maximum absolute atomic E-state index is 13.1. The largest absolute Gasteiger partial charge is 0.462 e. The van der Waals surface area contributed by atoms with Gasteiger partial charge in [0.05, 0.1) is 23.2 Å². The van der Waals surface area contributed by atoms with Crippen LogP contribution in [0.25, 0.3) is 10.8 Å². The van der Waals surface area contributed by atoms with Gasteiger partial charge in [-0.2, -0.15) is 5.10 Å². The fourth-order valence-corrected chi connectivity index (χ4v) is 3.02. The molecule has 2 aromatic carbocycles. The van der Waals surface area contributed by atoms with Crippen molar-refractivity contribution in [1.82, 2.24) is 9.78 Å². The molecule has 0 aliphatic rings. The molecule has 150 valence electrons. The zero-order valence-electron chi connectivity index (χ0n) is 16.5. The van der Waals surface area contributed by atoms with Crippen molar-refractivity contribution in [2.45, 2.75) is 33.2 Å². The zero-order chi connectivity index (χ0) is 20.8. The van der Waals surface area contributed by atoms with E-state index in [0.717, 1.165) is 12.8 Å². The number of ether oxygens (including phenoxy) is 1. The highest BCUT2D eigenvalue weighted by atomic mass is 16.5. The van der Waals surface area contributed by atoms with E-state index in [4.69, 9.17) is 4.74 Å². The summed E-state index contributed by atoms with van der Waals surface area (Å²) >= 11 is 0. The molecule has 3 rings (SSSR count). The van der Waals surface area contributed by atoms with Crippen LogP contribution in [0.2, 0.25) is 0 Å². The third kappa shape index (κ3) is 4.34. The van der Waals surface area contributed by atoms with E-state index in [9.17, 15) is 14.4 Å². The molecule has 7 heteroatoms. The Morgan fingerprint density at radius 1 is 1.03 bits per heavy atom. The van der Waals surface area contributed by atoms with E-state index in [2.05, 4.69) is 10.4 Å². The van der Waals surface area contributed by atoms with E-state index in [1.165, 1.54) is 4.68 Å². The van der Waals surface area contributed by atoms with Crippen molar-refractivity contribution in [3.63, 3.8) is 0 Å². The molecule has 0 bridgehead atoms. The number of fused-ring (bicyclic) bond motifs is 1. The summed E-state index contributed by atoms with van der Waals surface area (Å²) in [5.74, 6) is -1.02. The van der Waals surface area contributed by atoms with Crippen LogP contribution in [-0.4, -0.2) is 28.3 Å². The number of carbonyl (C=O) groups excluding carboxylic acids is 2. The second-order valence-corrected chi connectivity index (χ2v) is 6.50. The summed E-state index contributed by atoms with van der Waals surface area (Å²) in [6.45, 7) is 4.40. The highest BCUT2D eigenvalue weighted by molar-refractivity contribution is 6.12. The van der Waals surface area contributed by atoms with Gasteiger partial charge in [-0.1, -0.05) is 43.7 Å². The highest BCUT2D eigenvalue weighted by Crippen LogP contribution is 2.19. The number of unbranched alkanes of at least 4 members (excludes halogenated alkanes) is 1. The summed E-state index contributed by atoms with van der Waals surface area (Å²) in [6, 6.07) is 13.5. The quantitative estimate of drug-likeness (QED) is 0.619. The second kappa shape index (κ2) is 9.14. The number of aryl methyl sites for hydroxylation is 1. The number of rotatable bonds is 7. The molecule has 29 heavy (non-hydrogen) atoms. The molecule has 1 heterocycles. The topological polar surface area (TPSA) is 90.3 Å². The van der Waals surface area contributed by atoms with Crippen LogP contribution in [-0.2, 0) is 11.3 Å². The van der Waals surface area contributed by atoms with Crippen LogP contribution in [0, 0.1) is 0 Å². The molecular formula is C22H23N3O4. The number of nitrogens with zero attached hydrogens (tertiary/aromatic N) is 2. The van der Waals surface area contributed by atoms with Crippen molar-refractivity contribution in [3.8, 4) is 0 Å². The molecule has 1 N–H and O–H groups in total. The zero-order valence-corrected chi connectivity index (χ0v) is 16.5. The van der Waals surface area contributed by atoms with Crippen molar-refractivity contribution < 1.29 is 14.3 Å². The van der Waals surface area contributed by atoms with Crippen LogP contribution in [0.5, 0.6) is 0 Å². The Morgan fingerprint density at radius 2 is 1.72 bits per heavy atom. The second-order valence-electron chi connectivity index (χ2n) is 6.50. The number of amides is 1. The van der Waals surface area contributed by atoms with E-state index < -0.39 is 11.9 Å². The van der Waals surface area contributed by atoms with Gasteiger partial charge in [-0.05, 0) is 31.5 Å². The molecular weight excluding hydrogens is 370 g/mol. The highest BCUT2D eigenvalue weighted by Gasteiger charge is 2.19. The lowest BCUT2D eigenvalue weighted by atomic mass is 10.1. The first-order valence-electron chi connectivity index (χ1n) is 9.64. The predicted molar refractivity (Wildman–Crippen MR) is 111 cm³/mol. The van der Waals surface area contributed by atoms with E-state index in [1.54, 1.807) is 55.5 Å². The number of para-hydroxylation sites is 1. The first kappa shape index (κ1) is 20.3. The van der Waals surface area contributed by atoms with E-state index in [1.807, 2.05) is 6.92 Å². The molecule has 0 fully saturated rings. The molecule has 0 aliphatic heterocycles. The summed E-state index contributed by atoms with van der Waals surface area (Å²) in [5, 5.41) is 7.97. The Morgan fingerprint density at radius 3 is 2.45 bits per heavy atom. The molecule has 1 aromatic heterocycles. The number of hydrogen-bond donors (Lipinski definition) is 1. The van der Waals surface area contributed by atoms with Gasteiger partial charge >= 0.3 is 5.97 Å². The van der Waals surface area contributed by atoms with Crippen LogP contribution in [0.4, 0.5) is 5.69 Å². The minimum atomic E-state index is -0.519.